The van der Waals surface area contributed by atoms with Crippen molar-refractivity contribution in [3.63, 3.8) is 0 Å². The summed E-state index contributed by atoms with van der Waals surface area (Å²) < 4.78 is 32.3. The van der Waals surface area contributed by atoms with E-state index in [0.717, 1.165) is 0 Å². The van der Waals surface area contributed by atoms with Crippen LogP contribution in [0.25, 0.3) is 6.08 Å². The van der Waals surface area contributed by atoms with Gasteiger partial charge in [-0.1, -0.05) is 0 Å². The predicted octanol–water partition coefficient (Wildman–Crippen LogP) is 2.47. The van der Waals surface area contributed by atoms with Crippen LogP contribution in [0.4, 0.5) is 0 Å². The van der Waals surface area contributed by atoms with Crippen LogP contribution in [0.1, 0.15) is 15.9 Å². The lowest BCUT2D eigenvalue weighted by Crippen LogP contribution is -2.31. The first kappa shape index (κ1) is 23.0. The summed E-state index contributed by atoms with van der Waals surface area (Å²) in [5, 5.41) is 2.66. The second-order valence-electron chi connectivity index (χ2n) is 6.65. The number of carbonyl (C=O) groups is 2. The predicted molar refractivity (Wildman–Crippen MR) is 116 cm³/mol. The van der Waals surface area contributed by atoms with Gasteiger partial charge in [-0.05, 0) is 30.3 Å². The highest BCUT2D eigenvalue weighted by atomic mass is 16.5. The molecule has 0 bridgehead atoms. The molecule has 3 rings (SSSR count). The second kappa shape index (κ2) is 10.5. The summed E-state index contributed by atoms with van der Waals surface area (Å²) in [6.45, 7) is 0.650. The molecule has 0 fully saturated rings. The summed E-state index contributed by atoms with van der Waals surface area (Å²) in [5.41, 5.74) is 0.984. The topological polar surface area (TPSA) is 102 Å². The molecule has 0 saturated heterocycles. The highest BCUT2D eigenvalue weighted by molar-refractivity contribution is 6.14. The molecule has 1 aliphatic heterocycles. The number of hydrogen-bond acceptors (Lipinski definition) is 8. The van der Waals surface area contributed by atoms with Crippen LogP contribution in [0.2, 0.25) is 0 Å². The molecule has 9 nitrogen and oxygen atoms in total. The van der Waals surface area contributed by atoms with Gasteiger partial charge in [0.1, 0.15) is 11.5 Å². The van der Waals surface area contributed by atoms with E-state index in [2.05, 4.69) is 5.32 Å². The Morgan fingerprint density at radius 1 is 1.03 bits per heavy atom. The molecular weight excluding hydrogens is 418 g/mol. The Bertz CT molecular complexity index is 1030. The lowest BCUT2D eigenvalue weighted by Gasteiger charge is -2.14. The third kappa shape index (κ3) is 4.94. The third-order valence-electron chi connectivity index (χ3n) is 4.66. The van der Waals surface area contributed by atoms with Gasteiger partial charge in [-0.25, -0.2) is 0 Å². The minimum atomic E-state index is -0.277. The Balaban J connectivity index is 1.77. The third-order valence-corrected chi connectivity index (χ3v) is 4.66. The zero-order valence-electron chi connectivity index (χ0n) is 18.4. The highest BCUT2D eigenvalue weighted by Crippen LogP contribution is 2.42. The molecule has 2 aromatic rings. The van der Waals surface area contributed by atoms with E-state index in [1.54, 1.807) is 43.5 Å². The maximum Gasteiger partial charge on any atom is 0.258 e. The molecule has 0 saturated carbocycles. The zero-order chi connectivity index (χ0) is 23.1. The summed E-state index contributed by atoms with van der Waals surface area (Å²) in [7, 11) is 6.08. The van der Waals surface area contributed by atoms with Crippen molar-refractivity contribution in [1.29, 1.82) is 0 Å². The van der Waals surface area contributed by atoms with Crippen LogP contribution in [-0.4, -0.2) is 59.9 Å². The first-order valence-corrected chi connectivity index (χ1v) is 9.78. The smallest absolute Gasteiger partial charge is 0.258 e. The number of ether oxygens (including phenoxy) is 6. The molecule has 1 N–H and O–H groups in total. The van der Waals surface area contributed by atoms with E-state index in [1.807, 2.05) is 0 Å². The van der Waals surface area contributed by atoms with Crippen molar-refractivity contribution in [3.8, 4) is 28.7 Å². The van der Waals surface area contributed by atoms with Gasteiger partial charge < -0.3 is 33.7 Å². The molecule has 9 heteroatoms. The van der Waals surface area contributed by atoms with Gasteiger partial charge in [0.05, 0.1) is 33.5 Å². The lowest BCUT2D eigenvalue weighted by atomic mass is 10.1. The molecule has 0 radical (unpaired) electrons. The van der Waals surface area contributed by atoms with Crippen LogP contribution in [0.5, 0.6) is 28.7 Å². The van der Waals surface area contributed by atoms with E-state index in [4.69, 9.17) is 28.4 Å². The van der Waals surface area contributed by atoms with Crippen LogP contribution in [0.3, 0.4) is 0 Å². The molecule has 32 heavy (non-hydrogen) atoms. The van der Waals surface area contributed by atoms with Crippen molar-refractivity contribution >= 4 is 17.8 Å². The minimum Gasteiger partial charge on any atom is -0.493 e. The largest absolute Gasteiger partial charge is 0.493 e. The molecule has 0 aliphatic carbocycles. The highest BCUT2D eigenvalue weighted by Gasteiger charge is 2.28. The van der Waals surface area contributed by atoms with Crippen LogP contribution >= 0.6 is 0 Å². The van der Waals surface area contributed by atoms with E-state index in [0.29, 0.717) is 53.0 Å². The van der Waals surface area contributed by atoms with E-state index in [1.165, 1.54) is 21.3 Å². The Hall–Kier alpha value is -3.72. The molecule has 0 spiro atoms. The summed E-state index contributed by atoms with van der Waals surface area (Å²) >= 11 is 0. The van der Waals surface area contributed by atoms with Crippen molar-refractivity contribution in [1.82, 2.24) is 5.32 Å². The van der Waals surface area contributed by atoms with Gasteiger partial charge in [0.15, 0.2) is 23.9 Å². The van der Waals surface area contributed by atoms with Gasteiger partial charge in [0.25, 0.3) is 5.91 Å². The quantitative estimate of drug-likeness (QED) is 0.442. The Labute approximate surface area is 185 Å². The molecule has 1 heterocycles. The molecule has 2 aromatic carbocycles. The van der Waals surface area contributed by atoms with Gasteiger partial charge in [-0.3, -0.25) is 9.59 Å². The normalized spacial score (nSPS) is 13.4. The number of amides is 1. The lowest BCUT2D eigenvalue weighted by molar-refractivity contribution is -0.123. The molecule has 0 unspecified atom stereocenters. The van der Waals surface area contributed by atoms with Crippen molar-refractivity contribution < 1.29 is 38.0 Å². The Morgan fingerprint density at radius 2 is 1.81 bits per heavy atom. The van der Waals surface area contributed by atoms with E-state index in [9.17, 15) is 9.59 Å². The summed E-state index contributed by atoms with van der Waals surface area (Å²) in [4.78, 5) is 24.6. The van der Waals surface area contributed by atoms with Gasteiger partial charge in [-0.15, -0.1) is 0 Å². The number of ketones is 1. The maximum absolute atomic E-state index is 12.8. The number of methoxy groups -OCH3 is 4. The van der Waals surface area contributed by atoms with Crippen LogP contribution in [0, 0.1) is 0 Å². The van der Waals surface area contributed by atoms with Crippen molar-refractivity contribution in [2.24, 2.45) is 0 Å². The van der Waals surface area contributed by atoms with Gasteiger partial charge in [0, 0.05) is 25.3 Å². The number of nitrogens with one attached hydrogen (secondary N) is 1. The monoisotopic (exact) mass is 443 g/mol. The number of fused-ring (bicyclic) bond motifs is 1. The molecule has 1 aliphatic rings. The van der Waals surface area contributed by atoms with E-state index in [-0.39, 0.29) is 24.1 Å². The van der Waals surface area contributed by atoms with Gasteiger partial charge in [-0.2, -0.15) is 0 Å². The molecule has 1 amide bonds. The van der Waals surface area contributed by atoms with E-state index < -0.39 is 0 Å². The standard InChI is InChI=1S/C23H25NO8/c1-27-10-9-24-20(25)13-31-15-6-7-16-18(12-15)32-19(21(16)26)11-14-5-8-17(28-2)23(30-4)22(14)29-3/h5-8,11-12H,9-10,13H2,1-4H3,(H,24,25)/b19-11+. The average Bonchev–Trinajstić information content (AvgIpc) is 3.11. The summed E-state index contributed by atoms with van der Waals surface area (Å²) in [6, 6.07) is 8.24. The number of hydrogen-bond donors (Lipinski definition) is 1. The van der Waals surface area contributed by atoms with Crippen LogP contribution < -0.4 is 29.0 Å². The summed E-state index contributed by atoms with van der Waals surface area (Å²) in [5.74, 6) is 1.64. The first-order valence-electron chi connectivity index (χ1n) is 9.78. The fourth-order valence-corrected chi connectivity index (χ4v) is 3.13. The van der Waals surface area contributed by atoms with Crippen LogP contribution in [0.15, 0.2) is 36.1 Å². The fourth-order valence-electron chi connectivity index (χ4n) is 3.13. The van der Waals surface area contributed by atoms with E-state index >= 15 is 0 Å². The molecule has 0 atom stereocenters. The fraction of sp³-hybridized carbons (Fsp3) is 0.304. The Morgan fingerprint density at radius 3 is 2.50 bits per heavy atom. The Kier molecular flexibility index (Phi) is 7.56. The van der Waals surface area contributed by atoms with Gasteiger partial charge in [0.2, 0.25) is 11.5 Å². The van der Waals surface area contributed by atoms with Crippen molar-refractivity contribution in [2.45, 2.75) is 0 Å². The molecule has 0 aromatic heterocycles. The number of carbonyl (C=O) groups excluding carboxylic acids is 2. The molecular formula is C23H25NO8. The van der Waals surface area contributed by atoms with Crippen LogP contribution in [-0.2, 0) is 9.53 Å². The van der Waals surface area contributed by atoms with Crippen molar-refractivity contribution in [3.05, 3.63) is 47.2 Å². The first-order chi connectivity index (χ1) is 15.5. The number of rotatable bonds is 10. The zero-order valence-corrected chi connectivity index (χ0v) is 18.4. The minimum absolute atomic E-state index is 0.125. The molecule has 170 valence electrons. The number of allylic oxidation sites excluding steroid dienone is 1. The summed E-state index contributed by atoms with van der Waals surface area (Å²) in [6.07, 6.45) is 1.58. The SMILES string of the molecule is COCCNC(=O)COc1ccc2c(c1)O/C(=C/c1ccc(OC)c(OC)c1OC)C2=O. The number of benzene rings is 2. The average molecular weight is 443 g/mol. The maximum atomic E-state index is 12.8. The van der Waals surface area contributed by atoms with Crippen molar-refractivity contribution in [2.75, 3.05) is 48.2 Å². The number of Topliss-reactive ketones (excluding diaryl/α,β-unsaturated/α-hetero) is 1. The second-order valence-corrected chi connectivity index (χ2v) is 6.65. The van der Waals surface area contributed by atoms with Gasteiger partial charge >= 0.3 is 0 Å².